The average Bonchev–Trinajstić information content (AvgIpc) is 2.72. The first-order valence-corrected chi connectivity index (χ1v) is 12.3. The summed E-state index contributed by atoms with van der Waals surface area (Å²) in [5.74, 6) is 0.834. The van der Waals surface area contributed by atoms with Crippen LogP contribution in [0.4, 0.5) is 0 Å². The Labute approximate surface area is 180 Å². The molecule has 0 heterocycles. The van der Waals surface area contributed by atoms with E-state index >= 15 is 0 Å². The summed E-state index contributed by atoms with van der Waals surface area (Å²) >= 11 is 0. The third kappa shape index (κ3) is 9.41. The van der Waals surface area contributed by atoms with E-state index in [9.17, 15) is 8.42 Å². The van der Waals surface area contributed by atoms with Gasteiger partial charge >= 0.3 is 0 Å². The lowest BCUT2D eigenvalue weighted by Crippen LogP contribution is -2.42. The van der Waals surface area contributed by atoms with E-state index in [0.717, 1.165) is 23.2 Å². The van der Waals surface area contributed by atoms with Gasteiger partial charge in [0.1, 0.15) is 9.84 Å². The van der Waals surface area contributed by atoms with E-state index < -0.39 is 9.84 Å². The van der Waals surface area contributed by atoms with Gasteiger partial charge in [0.15, 0.2) is 5.96 Å². The van der Waals surface area contributed by atoms with E-state index in [0.29, 0.717) is 32.1 Å². The van der Waals surface area contributed by atoms with Crippen LogP contribution in [0.5, 0.6) is 0 Å². The minimum atomic E-state index is -2.97. The van der Waals surface area contributed by atoms with Crippen LogP contribution in [0.3, 0.4) is 0 Å². The number of hydrogen-bond donors (Lipinski definition) is 2. The Balaban J connectivity index is 1.95. The van der Waals surface area contributed by atoms with Gasteiger partial charge in [-0.15, -0.1) is 0 Å². The summed E-state index contributed by atoms with van der Waals surface area (Å²) in [4.78, 5) is 4.68. The van der Waals surface area contributed by atoms with Gasteiger partial charge < -0.3 is 15.4 Å². The third-order valence-electron chi connectivity index (χ3n) is 4.54. The van der Waals surface area contributed by atoms with Crippen LogP contribution < -0.4 is 10.6 Å². The largest absolute Gasteiger partial charge is 0.372 e. The molecular weight excluding hydrogens is 398 g/mol. The number of hydrogen-bond acceptors (Lipinski definition) is 4. The molecule has 0 amide bonds. The minimum Gasteiger partial charge on any atom is -0.372 e. The molecule has 2 aromatic rings. The summed E-state index contributed by atoms with van der Waals surface area (Å²) in [5, 5.41) is 6.51. The molecule has 0 aliphatic carbocycles. The number of rotatable bonds is 11. The molecule has 0 saturated heterocycles. The fraction of sp³-hybridized carbons (Fsp3) is 0.435. The van der Waals surface area contributed by atoms with Crippen molar-refractivity contribution in [3.63, 3.8) is 0 Å². The molecule has 0 fully saturated rings. The van der Waals surface area contributed by atoms with E-state index in [4.69, 9.17) is 4.74 Å². The van der Waals surface area contributed by atoms with Gasteiger partial charge in [-0.3, -0.25) is 0 Å². The Morgan fingerprint density at radius 1 is 1.03 bits per heavy atom. The lowest BCUT2D eigenvalue weighted by atomic mass is 10.1. The lowest BCUT2D eigenvalue weighted by Gasteiger charge is -2.18. The van der Waals surface area contributed by atoms with Crippen molar-refractivity contribution in [2.24, 2.45) is 4.99 Å². The molecule has 6 nitrogen and oxygen atoms in total. The van der Waals surface area contributed by atoms with Gasteiger partial charge in [0.05, 0.1) is 25.5 Å². The maximum Gasteiger partial charge on any atom is 0.191 e. The van der Waals surface area contributed by atoms with Gasteiger partial charge in [-0.25, -0.2) is 13.4 Å². The molecule has 164 valence electrons. The highest BCUT2D eigenvalue weighted by molar-refractivity contribution is 7.90. The summed E-state index contributed by atoms with van der Waals surface area (Å²) < 4.78 is 28.7. The molecule has 7 heteroatoms. The number of nitrogens with zero attached hydrogens (tertiary/aromatic N) is 1. The number of ether oxygens (including phenoxy) is 1. The van der Waals surface area contributed by atoms with Crippen LogP contribution in [-0.2, 0) is 34.3 Å². The Morgan fingerprint density at radius 3 is 2.37 bits per heavy atom. The number of sulfone groups is 1. The second-order valence-corrected chi connectivity index (χ2v) is 9.67. The van der Waals surface area contributed by atoms with Gasteiger partial charge in [0.25, 0.3) is 0 Å². The highest BCUT2D eigenvalue weighted by atomic mass is 32.2. The standard InChI is InChI=1S/C23H33N3O3S/c1-4-24-23(26-19(2)14-15-30(3,27)28)25-16-21-12-8-9-13-22(21)18-29-17-20-10-6-5-7-11-20/h5-13,19H,4,14-18H2,1-3H3,(H2,24,25,26). The average molecular weight is 432 g/mol. The van der Waals surface area contributed by atoms with E-state index in [1.807, 2.05) is 44.2 Å². The molecular formula is C23H33N3O3S. The summed E-state index contributed by atoms with van der Waals surface area (Å²) in [6.45, 7) is 6.30. The Hall–Kier alpha value is -2.38. The van der Waals surface area contributed by atoms with Crippen molar-refractivity contribution >= 4 is 15.8 Å². The predicted octanol–water partition coefficient (Wildman–Crippen LogP) is 3.28. The molecule has 0 aliphatic heterocycles. The van der Waals surface area contributed by atoms with E-state index in [-0.39, 0.29) is 11.8 Å². The molecule has 30 heavy (non-hydrogen) atoms. The number of benzene rings is 2. The monoisotopic (exact) mass is 431 g/mol. The van der Waals surface area contributed by atoms with Crippen LogP contribution in [0.1, 0.15) is 37.0 Å². The van der Waals surface area contributed by atoms with Gasteiger partial charge in [0, 0.05) is 18.8 Å². The molecule has 1 atom stereocenters. The first kappa shape index (κ1) is 23.9. The van der Waals surface area contributed by atoms with Crippen LogP contribution in [-0.4, -0.2) is 39.0 Å². The Kier molecular flexibility index (Phi) is 9.83. The zero-order valence-electron chi connectivity index (χ0n) is 18.1. The minimum absolute atomic E-state index is 0.00183. The van der Waals surface area contributed by atoms with Crippen molar-refractivity contribution in [3.05, 3.63) is 71.3 Å². The first-order chi connectivity index (χ1) is 14.4. The van der Waals surface area contributed by atoms with Gasteiger partial charge in [-0.1, -0.05) is 54.6 Å². The third-order valence-corrected chi connectivity index (χ3v) is 5.52. The summed E-state index contributed by atoms with van der Waals surface area (Å²) in [6.07, 6.45) is 1.79. The molecule has 0 bridgehead atoms. The molecule has 0 aliphatic rings. The second kappa shape index (κ2) is 12.3. The van der Waals surface area contributed by atoms with E-state index in [1.54, 1.807) is 0 Å². The summed E-state index contributed by atoms with van der Waals surface area (Å²) in [6, 6.07) is 18.2. The van der Waals surface area contributed by atoms with Crippen LogP contribution in [0.2, 0.25) is 0 Å². The zero-order valence-corrected chi connectivity index (χ0v) is 18.9. The normalized spacial score (nSPS) is 13.1. The molecule has 0 saturated carbocycles. The highest BCUT2D eigenvalue weighted by Crippen LogP contribution is 2.13. The Morgan fingerprint density at radius 2 is 1.70 bits per heavy atom. The van der Waals surface area contributed by atoms with E-state index in [2.05, 4.69) is 39.9 Å². The number of aliphatic imine (C=N–C) groups is 1. The SMILES string of the molecule is CCNC(=NCc1ccccc1COCc1ccccc1)NC(C)CCS(C)(=O)=O. The highest BCUT2D eigenvalue weighted by Gasteiger charge is 2.10. The fourth-order valence-electron chi connectivity index (χ4n) is 2.89. The lowest BCUT2D eigenvalue weighted by molar-refractivity contribution is 0.106. The number of guanidine groups is 1. The molecule has 2 aromatic carbocycles. The fourth-order valence-corrected chi connectivity index (χ4v) is 3.67. The van der Waals surface area contributed by atoms with Crippen LogP contribution >= 0.6 is 0 Å². The van der Waals surface area contributed by atoms with E-state index in [1.165, 1.54) is 6.26 Å². The van der Waals surface area contributed by atoms with Crippen molar-refractivity contribution < 1.29 is 13.2 Å². The molecule has 0 radical (unpaired) electrons. The van der Waals surface area contributed by atoms with Crippen LogP contribution in [0.15, 0.2) is 59.6 Å². The van der Waals surface area contributed by atoms with Gasteiger partial charge in [-0.2, -0.15) is 0 Å². The summed E-state index contributed by atoms with van der Waals surface area (Å²) in [5.41, 5.74) is 3.36. The molecule has 1 unspecified atom stereocenters. The molecule has 0 aromatic heterocycles. The maximum atomic E-state index is 11.4. The van der Waals surface area contributed by atoms with Crippen LogP contribution in [0.25, 0.3) is 0 Å². The second-order valence-electron chi connectivity index (χ2n) is 7.41. The number of nitrogens with one attached hydrogen (secondary N) is 2. The van der Waals surface area contributed by atoms with Gasteiger partial charge in [-0.05, 0) is 37.0 Å². The summed E-state index contributed by atoms with van der Waals surface area (Å²) in [7, 11) is -2.97. The quantitative estimate of drug-likeness (QED) is 0.422. The predicted molar refractivity (Wildman–Crippen MR) is 123 cm³/mol. The zero-order chi connectivity index (χ0) is 21.8. The first-order valence-electron chi connectivity index (χ1n) is 10.3. The van der Waals surface area contributed by atoms with Crippen LogP contribution in [0, 0.1) is 0 Å². The van der Waals surface area contributed by atoms with Crippen molar-refractivity contribution in [1.82, 2.24) is 10.6 Å². The molecule has 2 rings (SSSR count). The smallest absolute Gasteiger partial charge is 0.191 e. The van der Waals surface area contributed by atoms with Crippen molar-refractivity contribution in [2.75, 3.05) is 18.6 Å². The van der Waals surface area contributed by atoms with Crippen molar-refractivity contribution in [1.29, 1.82) is 0 Å². The topological polar surface area (TPSA) is 79.8 Å². The van der Waals surface area contributed by atoms with Gasteiger partial charge in [0.2, 0.25) is 0 Å². The van der Waals surface area contributed by atoms with Crippen molar-refractivity contribution in [2.45, 2.75) is 46.1 Å². The van der Waals surface area contributed by atoms with Crippen molar-refractivity contribution in [3.8, 4) is 0 Å². The molecule has 0 spiro atoms. The Bertz CT molecular complexity index is 899. The maximum absolute atomic E-state index is 11.4. The molecule has 2 N–H and O–H groups in total.